The lowest BCUT2D eigenvalue weighted by Gasteiger charge is -2.33. The predicted molar refractivity (Wildman–Crippen MR) is 64.4 cm³/mol. The fourth-order valence-corrected chi connectivity index (χ4v) is 2.72. The first-order valence-corrected chi connectivity index (χ1v) is 6.66. The Hall–Kier alpha value is -0.580. The summed E-state index contributed by atoms with van der Waals surface area (Å²) >= 11 is 0. The Morgan fingerprint density at radius 1 is 1.17 bits per heavy atom. The quantitative estimate of drug-likeness (QED) is 0.561. The highest BCUT2D eigenvalue weighted by atomic mass is 19.4. The second-order valence-corrected chi connectivity index (χ2v) is 5.31. The lowest BCUT2D eigenvalue weighted by molar-refractivity contribution is -0.150. The van der Waals surface area contributed by atoms with Crippen LogP contribution in [0.4, 0.5) is 13.2 Å². The summed E-state index contributed by atoms with van der Waals surface area (Å²) in [5.74, 6) is 0. The first-order chi connectivity index (χ1) is 8.41. The van der Waals surface area contributed by atoms with E-state index in [1.54, 1.807) is 6.92 Å². The van der Waals surface area contributed by atoms with Crippen LogP contribution in [0.15, 0.2) is 0 Å². The van der Waals surface area contributed by atoms with E-state index in [0.717, 1.165) is 44.8 Å². The van der Waals surface area contributed by atoms with Crippen LogP contribution in [0.25, 0.3) is 0 Å². The van der Waals surface area contributed by atoms with Crippen LogP contribution in [0.2, 0.25) is 0 Å². The molecule has 1 rings (SSSR count). The summed E-state index contributed by atoms with van der Waals surface area (Å²) in [4.78, 5) is 12.7. The number of hydrogen-bond donors (Lipinski definition) is 0. The minimum atomic E-state index is -4.19. The molecule has 0 aliphatic heterocycles. The molecule has 0 radical (unpaired) electrons. The van der Waals surface area contributed by atoms with Crippen molar-refractivity contribution in [1.29, 1.82) is 0 Å². The Balaban J connectivity index is 2.66. The van der Waals surface area contributed by atoms with Gasteiger partial charge in [0.2, 0.25) is 0 Å². The molecule has 0 aromatic heterocycles. The van der Waals surface area contributed by atoms with Gasteiger partial charge in [0, 0.05) is 12.0 Å². The third kappa shape index (κ3) is 4.96. The standard InChI is InChI=1S/C13H22F3NO/c1-2-17(10-13(14,15)16)9-12(11-18)7-5-3-4-6-8-12/h11H,2-10H2,1H3. The van der Waals surface area contributed by atoms with Gasteiger partial charge in [-0.15, -0.1) is 0 Å². The number of aldehydes is 1. The molecule has 5 heteroatoms. The fourth-order valence-electron chi connectivity index (χ4n) is 2.72. The van der Waals surface area contributed by atoms with Crippen LogP contribution in [0.3, 0.4) is 0 Å². The molecule has 0 saturated heterocycles. The number of hydrogen-bond acceptors (Lipinski definition) is 2. The van der Waals surface area contributed by atoms with Gasteiger partial charge in [0.25, 0.3) is 0 Å². The molecule has 0 aromatic rings. The number of nitrogens with zero attached hydrogens (tertiary/aromatic N) is 1. The Morgan fingerprint density at radius 3 is 2.11 bits per heavy atom. The van der Waals surface area contributed by atoms with E-state index in [2.05, 4.69) is 0 Å². The summed E-state index contributed by atoms with van der Waals surface area (Å²) in [6.45, 7) is 1.36. The van der Waals surface area contributed by atoms with Gasteiger partial charge in [-0.2, -0.15) is 13.2 Å². The van der Waals surface area contributed by atoms with Crippen molar-refractivity contribution in [1.82, 2.24) is 4.90 Å². The number of carbonyl (C=O) groups is 1. The van der Waals surface area contributed by atoms with Crippen molar-refractivity contribution in [3.05, 3.63) is 0 Å². The molecule has 2 nitrogen and oxygen atoms in total. The van der Waals surface area contributed by atoms with Gasteiger partial charge in [0.15, 0.2) is 0 Å². The number of carbonyl (C=O) groups excluding carboxylic acids is 1. The van der Waals surface area contributed by atoms with Gasteiger partial charge in [-0.05, 0) is 19.4 Å². The van der Waals surface area contributed by atoms with Crippen LogP contribution in [-0.2, 0) is 4.79 Å². The molecule has 0 amide bonds. The van der Waals surface area contributed by atoms with Crippen molar-refractivity contribution in [3.8, 4) is 0 Å². The SMILES string of the molecule is CCN(CC(F)(F)F)CC1(C=O)CCCCCC1. The number of rotatable bonds is 5. The zero-order chi connectivity index (χ0) is 13.6. The van der Waals surface area contributed by atoms with Crippen molar-refractivity contribution in [2.45, 2.75) is 51.6 Å². The highest BCUT2D eigenvalue weighted by Gasteiger charge is 2.36. The Morgan fingerprint density at radius 2 is 1.72 bits per heavy atom. The molecule has 1 aliphatic carbocycles. The molecule has 0 unspecified atom stereocenters. The molecule has 1 saturated carbocycles. The lowest BCUT2D eigenvalue weighted by atomic mass is 9.81. The molecular formula is C13H22F3NO. The Bertz CT molecular complexity index is 257. The van der Waals surface area contributed by atoms with Crippen molar-refractivity contribution in [2.24, 2.45) is 5.41 Å². The maximum atomic E-state index is 12.4. The largest absolute Gasteiger partial charge is 0.401 e. The van der Waals surface area contributed by atoms with Crippen LogP contribution in [0.1, 0.15) is 45.4 Å². The third-order valence-electron chi connectivity index (χ3n) is 3.74. The van der Waals surface area contributed by atoms with Gasteiger partial charge in [-0.3, -0.25) is 4.90 Å². The summed E-state index contributed by atoms with van der Waals surface area (Å²) in [5, 5.41) is 0. The van der Waals surface area contributed by atoms with Gasteiger partial charge in [-0.25, -0.2) is 0 Å². The monoisotopic (exact) mass is 265 g/mol. The van der Waals surface area contributed by atoms with E-state index in [1.165, 1.54) is 4.90 Å². The Labute approximate surface area is 107 Å². The van der Waals surface area contributed by atoms with Gasteiger partial charge >= 0.3 is 6.18 Å². The average Bonchev–Trinajstić information content (AvgIpc) is 2.52. The van der Waals surface area contributed by atoms with E-state index in [1.807, 2.05) is 0 Å². The molecule has 0 heterocycles. The van der Waals surface area contributed by atoms with E-state index in [9.17, 15) is 18.0 Å². The van der Waals surface area contributed by atoms with Crippen molar-refractivity contribution in [2.75, 3.05) is 19.6 Å². The molecule has 0 spiro atoms. The van der Waals surface area contributed by atoms with Crippen LogP contribution < -0.4 is 0 Å². The van der Waals surface area contributed by atoms with Crippen molar-refractivity contribution >= 4 is 6.29 Å². The van der Waals surface area contributed by atoms with Crippen LogP contribution in [-0.4, -0.2) is 37.0 Å². The molecule has 0 bridgehead atoms. The van der Waals surface area contributed by atoms with Gasteiger partial charge in [0.05, 0.1) is 6.54 Å². The van der Waals surface area contributed by atoms with Crippen LogP contribution in [0, 0.1) is 5.41 Å². The summed E-state index contributed by atoms with van der Waals surface area (Å²) in [5.41, 5.74) is -0.558. The first-order valence-electron chi connectivity index (χ1n) is 6.66. The summed E-state index contributed by atoms with van der Waals surface area (Å²) in [6, 6.07) is 0. The normalized spacial score (nSPS) is 20.7. The van der Waals surface area contributed by atoms with Gasteiger partial charge in [-0.1, -0.05) is 32.6 Å². The molecular weight excluding hydrogens is 243 g/mol. The van der Waals surface area contributed by atoms with Crippen molar-refractivity contribution in [3.63, 3.8) is 0 Å². The number of alkyl halides is 3. The Kier molecular flexibility index (Phi) is 5.63. The van der Waals surface area contributed by atoms with Crippen LogP contribution >= 0.6 is 0 Å². The zero-order valence-electron chi connectivity index (χ0n) is 10.9. The average molecular weight is 265 g/mol. The number of halogens is 3. The van der Waals surface area contributed by atoms with E-state index in [-0.39, 0.29) is 6.54 Å². The van der Waals surface area contributed by atoms with E-state index in [0.29, 0.717) is 6.54 Å². The third-order valence-corrected chi connectivity index (χ3v) is 3.74. The zero-order valence-corrected chi connectivity index (χ0v) is 10.9. The minimum absolute atomic E-state index is 0.243. The summed E-state index contributed by atoms with van der Waals surface area (Å²) in [7, 11) is 0. The van der Waals surface area contributed by atoms with E-state index < -0.39 is 18.1 Å². The predicted octanol–water partition coefficient (Wildman–Crippen LogP) is 3.41. The van der Waals surface area contributed by atoms with E-state index >= 15 is 0 Å². The van der Waals surface area contributed by atoms with Crippen molar-refractivity contribution < 1.29 is 18.0 Å². The maximum absolute atomic E-state index is 12.4. The first kappa shape index (κ1) is 15.5. The highest BCUT2D eigenvalue weighted by molar-refractivity contribution is 5.59. The lowest BCUT2D eigenvalue weighted by Crippen LogP contribution is -2.43. The molecule has 106 valence electrons. The maximum Gasteiger partial charge on any atom is 0.401 e. The minimum Gasteiger partial charge on any atom is -0.303 e. The highest BCUT2D eigenvalue weighted by Crippen LogP contribution is 2.34. The summed E-state index contributed by atoms with van der Waals surface area (Å²) < 4.78 is 37.3. The summed E-state index contributed by atoms with van der Waals surface area (Å²) in [6.07, 6.45) is 2.23. The molecule has 0 aromatic carbocycles. The van der Waals surface area contributed by atoms with Gasteiger partial charge in [0.1, 0.15) is 6.29 Å². The smallest absolute Gasteiger partial charge is 0.303 e. The second-order valence-electron chi connectivity index (χ2n) is 5.31. The topological polar surface area (TPSA) is 20.3 Å². The second kappa shape index (κ2) is 6.55. The molecule has 0 N–H and O–H groups in total. The molecule has 1 fully saturated rings. The van der Waals surface area contributed by atoms with Crippen LogP contribution in [0.5, 0.6) is 0 Å². The van der Waals surface area contributed by atoms with E-state index in [4.69, 9.17) is 0 Å². The van der Waals surface area contributed by atoms with Gasteiger partial charge < -0.3 is 4.79 Å². The molecule has 0 atom stereocenters. The fraction of sp³-hybridized carbons (Fsp3) is 0.923. The molecule has 18 heavy (non-hydrogen) atoms. The molecule has 1 aliphatic rings.